The number of aromatic nitrogens is 1. The first-order valence-corrected chi connectivity index (χ1v) is 3.95. The number of rotatable bonds is 3. The molecule has 0 atom stereocenters. The number of hydrogen-bond acceptors (Lipinski definition) is 3. The molecule has 0 amide bonds. The molecule has 0 aromatic carbocycles. The Balaban J connectivity index is 3.13. The first-order valence-electron chi connectivity index (χ1n) is 3.95. The maximum absolute atomic E-state index is 11.0. The van der Waals surface area contributed by atoms with Crippen molar-refractivity contribution in [3.63, 3.8) is 0 Å². The normalized spacial score (nSPS) is 9.79. The molecular formula is C9H9NO4. The molecular weight excluding hydrogens is 186 g/mol. The van der Waals surface area contributed by atoms with Crippen LogP contribution in [0.25, 0.3) is 0 Å². The van der Waals surface area contributed by atoms with Crippen LogP contribution in [0.1, 0.15) is 23.1 Å². The number of carboxylic acids is 1. The second-order valence-corrected chi connectivity index (χ2v) is 2.88. The zero-order valence-electron chi connectivity index (χ0n) is 7.53. The molecule has 0 saturated carbocycles. The summed E-state index contributed by atoms with van der Waals surface area (Å²) >= 11 is 0. The molecule has 0 radical (unpaired) electrons. The van der Waals surface area contributed by atoms with Gasteiger partial charge in [-0.05, 0) is 0 Å². The summed E-state index contributed by atoms with van der Waals surface area (Å²) < 4.78 is 0. The second-order valence-electron chi connectivity index (χ2n) is 2.88. The quantitative estimate of drug-likeness (QED) is 0.674. The predicted octanol–water partition coefficient (Wildman–Crippen LogP) is 0.205. The molecule has 74 valence electrons. The van der Waals surface area contributed by atoms with Crippen molar-refractivity contribution in [1.29, 1.82) is 0 Å². The highest BCUT2D eigenvalue weighted by atomic mass is 16.4. The fourth-order valence-corrected chi connectivity index (χ4v) is 1.05. The summed E-state index contributed by atoms with van der Waals surface area (Å²) in [7, 11) is 0. The van der Waals surface area contributed by atoms with Crippen LogP contribution in [0, 0.1) is 0 Å². The van der Waals surface area contributed by atoms with Crippen LogP contribution in [-0.2, 0) is 11.2 Å². The number of hydrogen-bond donors (Lipinski definition) is 2. The third kappa shape index (κ3) is 2.55. The minimum atomic E-state index is -1.05. The van der Waals surface area contributed by atoms with Gasteiger partial charge in [-0.3, -0.25) is 14.4 Å². The van der Waals surface area contributed by atoms with Crippen LogP contribution >= 0.6 is 0 Å². The van der Waals surface area contributed by atoms with E-state index in [0.717, 1.165) is 6.07 Å². The van der Waals surface area contributed by atoms with Crippen molar-refractivity contribution in [2.75, 3.05) is 0 Å². The van der Waals surface area contributed by atoms with Crippen LogP contribution in [0.2, 0.25) is 0 Å². The van der Waals surface area contributed by atoms with Gasteiger partial charge in [0.1, 0.15) is 0 Å². The highest BCUT2D eigenvalue weighted by Gasteiger charge is 2.06. The van der Waals surface area contributed by atoms with Gasteiger partial charge in [0.15, 0.2) is 11.2 Å². The largest absolute Gasteiger partial charge is 0.481 e. The maximum atomic E-state index is 11.0. The van der Waals surface area contributed by atoms with Gasteiger partial charge in [0.2, 0.25) is 0 Å². The van der Waals surface area contributed by atoms with Gasteiger partial charge in [0.25, 0.3) is 0 Å². The second kappa shape index (κ2) is 3.87. The fourth-order valence-electron chi connectivity index (χ4n) is 1.05. The molecule has 14 heavy (non-hydrogen) atoms. The van der Waals surface area contributed by atoms with E-state index in [-0.39, 0.29) is 29.0 Å². The number of Topliss-reactive ketones (excluding diaryl/α,β-unsaturated/α-hetero) is 1. The van der Waals surface area contributed by atoms with E-state index in [0.29, 0.717) is 0 Å². The van der Waals surface area contributed by atoms with Gasteiger partial charge >= 0.3 is 5.97 Å². The van der Waals surface area contributed by atoms with Crippen LogP contribution in [0.3, 0.4) is 0 Å². The number of carbonyl (C=O) groups excluding carboxylic acids is 1. The summed E-state index contributed by atoms with van der Waals surface area (Å²) in [5, 5.41) is 8.48. The van der Waals surface area contributed by atoms with Crippen molar-refractivity contribution < 1.29 is 14.7 Å². The molecule has 1 heterocycles. The highest BCUT2D eigenvalue weighted by molar-refractivity contribution is 5.92. The van der Waals surface area contributed by atoms with E-state index in [1.807, 2.05) is 0 Å². The Morgan fingerprint density at radius 2 is 2.07 bits per heavy atom. The molecule has 0 aliphatic carbocycles. The lowest BCUT2D eigenvalue weighted by molar-refractivity contribution is -0.136. The number of aromatic amines is 1. The summed E-state index contributed by atoms with van der Waals surface area (Å²) in [6.45, 7) is 1.30. The number of ketones is 1. The minimum absolute atomic E-state index is 0.133. The average Bonchev–Trinajstić information content (AvgIpc) is 2.01. The molecule has 5 nitrogen and oxygen atoms in total. The Morgan fingerprint density at radius 1 is 1.43 bits per heavy atom. The molecule has 0 unspecified atom stereocenters. The van der Waals surface area contributed by atoms with Gasteiger partial charge in [-0.2, -0.15) is 0 Å². The minimum Gasteiger partial charge on any atom is -0.481 e. The van der Waals surface area contributed by atoms with E-state index in [1.54, 1.807) is 0 Å². The van der Waals surface area contributed by atoms with E-state index in [9.17, 15) is 14.4 Å². The van der Waals surface area contributed by atoms with Crippen LogP contribution in [0.15, 0.2) is 16.9 Å². The molecule has 0 aliphatic rings. The smallest absolute Gasteiger partial charge is 0.309 e. The van der Waals surface area contributed by atoms with Crippen LogP contribution in [0.5, 0.6) is 0 Å². The Labute approximate surface area is 79.4 Å². The van der Waals surface area contributed by atoms with Gasteiger partial charge < -0.3 is 10.1 Å². The lowest BCUT2D eigenvalue weighted by Crippen LogP contribution is -2.12. The summed E-state index contributed by atoms with van der Waals surface area (Å²) in [5.74, 6) is -1.35. The number of carboxylic acid groups (broad SMARTS) is 1. The van der Waals surface area contributed by atoms with Crippen LogP contribution in [-0.4, -0.2) is 21.8 Å². The molecule has 0 spiro atoms. The lowest BCUT2D eigenvalue weighted by Gasteiger charge is -2.00. The number of carbonyl (C=O) groups is 2. The Kier molecular flexibility index (Phi) is 2.81. The SMILES string of the molecule is CC(=O)c1cc(=O)cc(CC(=O)O)[nH]1. The third-order valence-corrected chi connectivity index (χ3v) is 1.62. The molecule has 0 fully saturated rings. The molecule has 1 rings (SSSR count). The summed E-state index contributed by atoms with van der Waals surface area (Å²) in [4.78, 5) is 34.9. The predicted molar refractivity (Wildman–Crippen MR) is 48.4 cm³/mol. The van der Waals surface area contributed by atoms with Crippen molar-refractivity contribution in [3.05, 3.63) is 33.7 Å². The van der Waals surface area contributed by atoms with Crippen molar-refractivity contribution >= 4 is 11.8 Å². The first kappa shape index (κ1) is 10.2. The first-order chi connectivity index (χ1) is 6.49. The molecule has 0 saturated heterocycles. The summed E-state index contributed by atoms with van der Waals surface area (Å²) in [6.07, 6.45) is -0.295. The van der Waals surface area contributed by atoms with Crippen molar-refractivity contribution in [3.8, 4) is 0 Å². The average molecular weight is 195 g/mol. The molecule has 1 aromatic rings. The zero-order valence-corrected chi connectivity index (χ0v) is 7.53. The van der Waals surface area contributed by atoms with Crippen LogP contribution < -0.4 is 5.43 Å². The van der Waals surface area contributed by atoms with E-state index in [1.165, 1.54) is 13.0 Å². The van der Waals surface area contributed by atoms with E-state index in [2.05, 4.69) is 4.98 Å². The Morgan fingerprint density at radius 3 is 2.57 bits per heavy atom. The van der Waals surface area contributed by atoms with E-state index >= 15 is 0 Å². The fraction of sp³-hybridized carbons (Fsp3) is 0.222. The molecule has 5 heteroatoms. The van der Waals surface area contributed by atoms with Crippen molar-refractivity contribution in [1.82, 2.24) is 4.98 Å². The third-order valence-electron chi connectivity index (χ3n) is 1.62. The van der Waals surface area contributed by atoms with E-state index in [4.69, 9.17) is 5.11 Å². The zero-order chi connectivity index (χ0) is 10.7. The molecule has 1 aromatic heterocycles. The number of aliphatic carboxylic acids is 1. The van der Waals surface area contributed by atoms with Gasteiger partial charge in [-0.15, -0.1) is 0 Å². The summed E-state index contributed by atoms with van der Waals surface area (Å²) in [5.41, 5.74) is -0.00542. The number of pyridine rings is 1. The molecule has 0 bridgehead atoms. The van der Waals surface area contributed by atoms with Gasteiger partial charge in [-0.25, -0.2) is 0 Å². The highest BCUT2D eigenvalue weighted by Crippen LogP contribution is 1.97. The topological polar surface area (TPSA) is 87.2 Å². The Hall–Kier alpha value is -1.91. The van der Waals surface area contributed by atoms with E-state index < -0.39 is 5.97 Å². The maximum Gasteiger partial charge on any atom is 0.309 e. The Bertz CT molecular complexity index is 433. The van der Waals surface area contributed by atoms with Gasteiger partial charge in [-0.1, -0.05) is 0 Å². The standard InChI is InChI=1S/C9H9NO4/c1-5(11)8-4-7(12)2-6(10-8)3-9(13)14/h2,4H,3H2,1H3,(H,10,12)(H,13,14). The van der Waals surface area contributed by atoms with Gasteiger partial charge in [0, 0.05) is 24.8 Å². The lowest BCUT2D eigenvalue weighted by atomic mass is 10.2. The van der Waals surface area contributed by atoms with Crippen molar-refractivity contribution in [2.24, 2.45) is 0 Å². The monoisotopic (exact) mass is 195 g/mol. The summed E-state index contributed by atoms with van der Waals surface area (Å²) in [6, 6.07) is 2.31. The number of nitrogens with one attached hydrogen (secondary N) is 1. The van der Waals surface area contributed by atoms with Crippen LogP contribution in [0.4, 0.5) is 0 Å². The van der Waals surface area contributed by atoms with Crippen molar-refractivity contribution in [2.45, 2.75) is 13.3 Å². The molecule has 0 aliphatic heterocycles. The van der Waals surface area contributed by atoms with Gasteiger partial charge in [0.05, 0.1) is 12.1 Å². The molecule has 2 N–H and O–H groups in total. The number of H-pyrrole nitrogens is 1.